The monoisotopic (exact) mass is 435 g/mol. The van der Waals surface area contributed by atoms with Crippen molar-refractivity contribution in [3.05, 3.63) is 23.8 Å². The molecule has 132 valence electrons. The summed E-state index contributed by atoms with van der Waals surface area (Å²) in [6.07, 6.45) is 0.848. The molecular weight excluding hydrogens is 405 g/mol. The van der Waals surface area contributed by atoms with Gasteiger partial charge in [-0.15, -0.1) is 24.0 Å². The van der Waals surface area contributed by atoms with E-state index in [0.717, 1.165) is 30.4 Å². The van der Waals surface area contributed by atoms with Crippen LogP contribution in [0.2, 0.25) is 0 Å². The fourth-order valence-electron chi connectivity index (χ4n) is 2.00. The maximum atomic E-state index is 5.32. The van der Waals surface area contributed by atoms with Gasteiger partial charge in [-0.3, -0.25) is 4.99 Å². The summed E-state index contributed by atoms with van der Waals surface area (Å²) in [5.41, 5.74) is 1.16. The van der Waals surface area contributed by atoms with Gasteiger partial charge in [0.15, 0.2) is 17.5 Å². The Labute approximate surface area is 157 Å². The average Bonchev–Trinajstić information content (AvgIpc) is 2.45. The second kappa shape index (κ2) is 10.6. The first-order valence-corrected chi connectivity index (χ1v) is 7.67. The highest BCUT2D eigenvalue weighted by Gasteiger charge is 2.11. The van der Waals surface area contributed by atoms with Crippen LogP contribution in [0.5, 0.6) is 11.5 Å². The van der Waals surface area contributed by atoms with E-state index in [1.165, 1.54) is 5.56 Å². The summed E-state index contributed by atoms with van der Waals surface area (Å²) in [5, 5.41) is 6.64. The first kappa shape index (κ1) is 21.8. The first-order valence-electron chi connectivity index (χ1n) is 7.67. The summed E-state index contributed by atoms with van der Waals surface area (Å²) in [6.45, 7) is 9.98. The molecule has 0 saturated heterocycles. The smallest absolute Gasteiger partial charge is 0.191 e. The molecule has 0 aliphatic rings. The number of nitrogens with zero attached hydrogens (tertiary/aromatic N) is 1. The molecule has 0 saturated carbocycles. The number of aliphatic imine (C=N–C) groups is 1. The Bertz CT molecular complexity index is 499. The number of rotatable bonds is 6. The topological polar surface area (TPSA) is 54.9 Å². The van der Waals surface area contributed by atoms with Crippen molar-refractivity contribution in [2.75, 3.05) is 27.3 Å². The number of methoxy groups -OCH3 is 2. The maximum absolute atomic E-state index is 5.32. The molecule has 2 N–H and O–H groups in total. The third-order valence-corrected chi connectivity index (χ3v) is 2.96. The van der Waals surface area contributed by atoms with E-state index >= 15 is 0 Å². The zero-order valence-electron chi connectivity index (χ0n) is 15.0. The van der Waals surface area contributed by atoms with Gasteiger partial charge in [0, 0.05) is 18.6 Å². The molecule has 1 rings (SSSR count). The number of ether oxygens (including phenoxy) is 2. The van der Waals surface area contributed by atoms with Crippen molar-refractivity contribution >= 4 is 29.9 Å². The Balaban J connectivity index is 0.00000484. The second-order valence-corrected chi connectivity index (χ2v) is 6.07. The van der Waals surface area contributed by atoms with E-state index in [1.807, 2.05) is 18.2 Å². The lowest BCUT2D eigenvalue weighted by atomic mass is 10.1. The lowest BCUT2D eigenvalue weighted by Crippen LogP contribution is -2.47. The van der Waals surface area contributed by atoms with Crippen molar-refractivity contribution in [2.24, 2.45) is 4.99 Å². The minimum atomic E-state index is -0.00959. The maximum Gasteiger partial charge on any atom is 0.191 e. The Hall–Kier alpha value is -1.18. The summed E-state index contributed by atoms with van der Waals surface area (Å²) >= 11 is 0. The van der Waals surface area contributed by atoms with Gasteiger partial charge in [-0.2, -0.15) is 0 Å². The first-order chi connectivity index (χ1) is 10.4. The molecule has 0 unspecified atom stereocenters. The van der Waals surface area contributed by atoms with Crippen LogP contribution in [0.1, 0.15) is 33.3 Å². The van der Waals surface area contributed by atoms with E-state index < -0.39 is 0 Å². The normalized spacial score (nSPS) is 11.5. The largest absolute Gasteiger partial charge is 0.493 e. The van der Waals surface area contributed by atoms with Gasteiger partial charge in [-0.05, 0) is 51.8 Å². The molecule has 1 aromatic rings. The van der Waals surface area contributed by atoms with Crippen LogP contribution in [-0.2, 0) is 6.42 Å². The molecular formula is C17H30IN3O2. The van der Waals surface area contributed by atoms with Crippen LogP contribution >= 0.6 is 24.0 Å². The molecule has 0 heterocycles. The molecule has 0 bridgehead atoms. The molecule has 0 fully saturated rings. The van der Waals surface area contributed by atoms with E-state index in [9.17, 15) is 0 Å². The van der Waals surface area contributed by atoms with Crippen LogP contribution in [0.25, 0.3) is 0 Å². The molecule has 0 spiro atoms. The summed E-state index contributed by atoms with van der Waals surface area (Å²) in [7, 11) is 3.29. The van der Waals surface area contributed by atoms with Crippen LogP contribution in [0.3, 0.4) is 0 Å². The van der Waals surface area contributed by atoms with Gasteiger partial charge in [-0.25, -0.2) is 0 Å². The highest BCUT2D eigenvalue weighted by Crippen LogP contribution is 2.27. The van der Waals surface area contributed by atoms with Gasteiger partial charge in [0.05, 0.1) is 14.2 Å². The van der Waals surface area contributed by atoms with Crippen molar-refractivity contribution < 1.29 is 9.47 Å². The van der Waals surface area contributed by atoms with E-state index in [4.69, 9.17) is 9.47 Å². The minimum absolute atomic E-state index is 0. The number of hydrogen-bond donors (Lipinski definition) is 2. The molecule has 0 aromatic heterocycles. The lowest BCUT2D eigenvalue weighted by Gasteiger charge is -2.23. The van der Waals surface area contributed by atoms with Crippen molar-refractivity contribution in [3.8, 4) is 11.5 Å². The Morgan fingerprint density at radius 2 is 1.78 bits per heavy atom. The van der Waals surface area contributed by atoms with Crippen molar-refractivity contribution in [1.29, 1.82) is 0 Å². The second-order valence-electron chi connectivity index (χ2n) is 6.07. The van der Waals surface area contributed by atoms with Crippen LogP contribution in [0.4, 0.5) is 0 Å². The predicted octanol–water partition coefficient (Wildman–Crippen LogP) is 3.22. The van der Waals surface area contributed by atoms with E-state index in [2.05, 4.69) is 43.3 Å². The number of hydrogen-bond acceptors (Lipinski definition) is 3. The standard InChI is InChI=1S/C17H29N3O2.HI/c1-7-18-16(20-17(2,3)4)19-11-10-13-8-9-14(21-5)15(12-13)22-6;/h8-9,12H,7,10-11H2,1-6H3,(H2,18,19,20);1H. The van der Waals surface area contributed by atoms with Crippen LogP contribution in [0.15, 0.2) is 23.2 Å². The van der Waals surface area contributed by atoms with Gasteiger partial charge < -0.3 is 20.1 Å². The molecule has 0 aliphatic carbocycles. The van der Waals surface area contributed by atoms with Crippen LogP contribution in [0, 0.1) is 0 Å². The number of benzene rings is 1. The highest BCUT2D eigenvalue weighted by atomic mass is 127. The molecule has 0 amide bonds. The van der Waals surface area contributed by atoms with Crippen molar-refractivity contribution in [3.63, 3.8) is 0 Å². The lowest BCUT2D eigenvalue weighted by molar-refractivity contribution is 0.354. The Morgan fingerprint density at radius 3 is 2.30 bits per heavy atom. The van der Waals surface area contributed by atoms with Crippen molar-refractivity contribution in [2.45, 2.75) is 39.7 Å². The summed E-state index contributed by atoms with van der Waals surface area (Å²) in [5.74, 6) is 2.34. The summed E-state index contributed by atoms with van der Waals surface area (Å²) in [4.78, 5) is 4.61. The van der Waals surface area contributed by atoms with Crippen LogP contribution < -0.4 is 20.1 Å². The molecule has 6 heteroatoms. The molecule has 0 radical (unpaired) electrons. The third kappa shape index (κ3) is 8.29. The molecule has 0 aliphatic heterocycles. The Kier molecular flexibility index (Phi) is 10.0. The minimum Gasteiger partial charge on any atom is -0.493 e. The summed E-state index contributed by atoms with van der Waals surface area (Å²) in [6, 6.07) is 5.97. The zero-order chi connectivity index (χ0) is 16.6. The van der Waals surface area contributed by atoms with E-state index in [1.54, 1.807) is 14.2 Å². The molecule has 5 nitrogen and oxygen atoms in total. The quantitative estimate of drug-likeness (QED) is 0.410. The molecule has 0 atom stereocenters. The van der Waals surface area contributed by atoms with Gasteiger partial charge in [0.25, 0.3) is 0 Å². The number of guanidine groups is 1. The molecule has 23 heavy (non-hydrogen) atoms. The van der Waals surface area contributed by atoms with Crippen LogP contribution in [-0.4, -0.2) is 38.8 Å². The predicted molar refractivity (Wildman–Crippen MR) is 108 cm³/mol. The SMILES string of the molecule is CCNC(=NCCc1ccc(OC)c(OC)c1)NC(C)(C)C.I. The number of halogens is 1. The van der Waals surface area contributed by atoms with E-state index in [0.29, 0.717) is 6.54 Å². The third-order valence-electron chi connectivity index (χ3n) is 2.96. The highest BCUT2D eigenvalue weighted by molar-refractivity contribution is 14.0. The van der Waals surface area contributed by atoms with E-state index in [-0.39, 0.29) is 29.5 Å². The Morgan fingerprint density at radius 1 is 1.13 bits per heavy atom. The zero-order valence-corrected chi connectivity index (χ0v) is 17.4. The summed E-state index contributed by atoms with van der Waals surface area (Å²) < 4.78 is 10.6. The molecule has 1 aromatic carbocycles. The number of nitrogens with one attached hydrogen (secondary N) is 2. The van der Waals surface area contributed by atoms with Gasteiger partial charge in [-0.1, -0.05) is 6.07 Å². The van der Waals surface area contributed by atoms with Gasteiger partial charge in [0.2, 0.25) is 0 Å². The van der Waals surface area contributed by atoms with Crippen molar-refractivity contribution in [1.82, 2.24) is 10.6 Å². The van der Waals surface area contributed by atoms with Gasteiger partial charge in [0.1, 0.15) is 0 Å². The van der Waals surface area contributed by atoms with Gasteiger partial charge >= 0.3 is 0 Å². The fourth-order valence-corrected chi connectivity index (χ4v) is 2.00. The fraction of sp³-hybridized carbons (Fsp3) is 0.588. The average molecular weight is 435 g/mol.